The molecule has 1 aromatic rings. The maximum Gasteiger partial charge on any atom is 0.327 e. The van der Waals surface area contributed by atoms with E-state index < -0.39 is 22.6 Å². The van der Waals surface area contributed by atoms with Crippen LogP contribution in [0.2, 0.25) is 0 Å². The third-order valence-corrected chi connectivity index (χ3v) is 4.12. The number of ether oxygens (including phenoxy) is 2. The van der Waals surface area contributed by atoms with Crippen LogP contribution in [0.1, 0.15) is 25.5 Å². The Hall–Kier alpha value is -0.240. The highest BCUT2D eigenvalue weighted by Crippen LogP contribution is 2.37. The Morgan fingerprint density at radius 2 is 1.44 bits per heavy atom. The fraction of sp³-hybridized carbons (Fsp3) is 0.600. The van der Waals surface area contributed by atoms with Gasteiger partial charge in [-0.05, 0) is 5.56 Å². The molecule has 0 bridgehead atoms. The average molecular weight is 396 g/mol. The third kappa shape index (κ3) is 9.87. The van der Waals surface area contributed by atoms with Gasteiger partial charge in [-0.25, -0.2) is 0 Å². The van der Waals surface area contributed by atoms with E-state index in [1.165, 1.54) is 0 Å². The van der Waals surface area contributed by atoms with Crippen molar-refractivity contribution in [3.05, 3.63) is 35.9 Å². The molecule has 0 fully saturated rings. The highest BCUT2D eigenvalue weighted by atomic mass is 31.2. The summed E-state index contributed by atoms with van der Waals surface area (Å²) in [4.78, 5) is 34.9. The molecule has 0 aliphatic rings. The number of hydrogen-bond acceptors (Lipinski definition) is 8. The predicted molar refractivity (Wildman–Crippen MR) is 94.4 cm³/mol. The summed E-state index contributed by atoms with van der Waals surface area (Å²) in [7, 11) is -4.76. The second kappa shape index (κ2) is 12.2. The van der Waals surface area contributed by atoms with Crippen molar-refractivity contribution in [3.63, 3.8) is 0 Å². The fourth-order valence-electron chi connectivity index (χ4n) is 2.27. The maximum atomic E-state index is 8.78. The summed E-state index contributed by atoms with van der Waals surface area (Å²) in [6.07, 6.45) is -0.297. The zero-order valence-corrected chi connectivity index (χ0v) is 16.1. The summed E-state index contributed by atoms with van der Waals surface area (Å²) in [6, 6.07) is 9.65. The van der Waals surface area contributed by atoms with Crippen LogP contribution in [0.5, 0.6) is 0 Å². The molecule has 10 heteroatoms. The molecule has 25 heavy (non-hydrogen) atoms. The van der Waals surface area contributed by atoms with E-state index in [0.717, 1.165) is 5.56 Å². The third-order valence-electron chi connectivity index (χ3n) is 3.30. The Morgan fingerprint density at radius 1 is 0.880 bits per heavy atom. The highest BCUT2D eigenvalue weighted by Gasteiger charge is 2.32. The van der Waals surface area contributed by atoms with Crippen molar-refractivity contribution in [2.24, 2.45) is 5.41 Å². The van der Waals surface area contributed by atoms with Crippen molar-refractivity contribution in [1.29, 1.82) is 0 Å². The molecule has 0 heterocycles. The van der Waals surface area contributed by atoms with Crippen molar-refractivity contribution in [2.75, 3.05) is 33.0 Å². The molecule has 0 aromatic heterocycles. The van der Waals surface area contributed by atoms with Crippen molar-refractivity contribution in [2.45, 2.75) is 20.0 Å². The molecule has 8 nitrogen and oxygen atoms in total. The van der Waals surface area contributed by atoms with E-state index in [1.54, 1.807) is 0 Å². The molecule has 1 rings (SSSR count). The molecule has 1 unspecified atom stereocenters. The molecule has 4 N–H and O–H groups in total. The van der Waals surface area contributed by atoms with Crippen LogP contribution < -0.4 is 0 Å². The van der Waals surface area contributed by atoms with Crippen LogP contribution in [0.4, 0.5) is 0 Å². The summed E-state index contributed by atoms with van der Waals surface area (Å²) in [5, 5.41) is 0. The zero-order valence-electron chi connectivity index (χ0n) is 14.3. The minimum absolute atomic E-state index is 0.0728. The Morgan fingerprint density at radius 3 is 2.00 bits per heavy atom. The number of hydrogen-bond donors (Lipinski definition) is 4. The SMILES string of the molecule is CC(C)(COCCOP(O)O)C(OCCOP(O)O)c1ccccc1. The lowest BCUT2D eigenvalue weighted by molar-refractivity contribution is -0.0764. The molecule has 0 radical (unpaired) electrons. The highest BCUT2D eigenvalue weighted by molar-refractivity contribution is 7.39. The molecule has 0 amide bonds. The second-order valence-corrected chi connectivity index (χ2v) is 7.40. The standard InChI is InChI=1S/C15H26O8P2/c1-15(2,12-20-8-10-22-24(16)17)14(13-6-4-3-5-7-13)21-9-11-23-25(18)19/h3-7,14,16-19H,8-12H2,1-2H3. The van der Waals surface area contributed by atoms with Gasteiger partial charge in [0.15, 0.2) is 0 Å². The van der Waals surface area contributed by atoms with E-state index in [4.69, 9.17) is 33.6 Å². The van der Waals surface area contributed by atoms with Gasteiger partial charge in [0.2, 0.25) is 0 Å². The van der Waals surface area contributed by atoms with Gasteiger partial charge < -0.3 is 38.1 Å². The van der Waals surface area contributed by atoms with E-state index in [-0.39, 0.29) is 32.5 Å². The van der Waals surface area contributed by atoms with Crippen LogP contribution in [0.15, 0.2) is 30.3 Å². The van der Waals surface area contributed by atoms with Crippen LogP contribution in [0.3, 0.4) is 0 Å². The molecule has 0 aliphatic heterocycles. The van der Waals surface area contributed by atoms with Gasteiger partial charge in [-0.3, -0.25) is 0 Å². The first-order valence-electron chi connectivity index (χ1n) is 7.69. The van der Waals surface area contributed by atoms with Gasteiger partial charge in [-0.1, -0.05) is 44.2 Å². The normalized spacial score (nSPS) is 13.6. The molecule has 0 aliphatic carbocycles. The van der Waals surface area contributed by atoms with Crippen molar-refractivity contribution >= 4 is 17.2 Å². The molecule has 144 valence electrons. The predicted octanol–water partition coefficient (Wildman–Crippen LogP) is 2.24. The number of rotatable bonds is 13. The number of benzene rings is 1. The second-order valence-electron chi connectivity index (χ2n) is 5.87. The Kier molecular flexibility index (Phi) is 11.1. The maximum absolute atomic E-state index is 8.78. The van der Waals surface area contributed by atoms with Crippen molar-refractivity contribution < 1.29 is 38.1 Å². The first kappa shape index (κ1) is 22.8. The van der Waals surface area contributed by atoms with Crippen LogP contribution >= 0.6 is 17.2 Å². The monoisotopic (exact) mass is 396 g/mol. The molecular weight excluding hydrogens is 370 g/mol. The molecule has 1 atom stereocenters. The summed E-state index contributed by atoms with van der Waals surface area (Å²) >= 11 is 0. The Balaban J connectivity index is 2.59. The van der Waals surface area contributed by atoms with Crippen LogP contribution in [-0.2, 0) is 18.5 Å². The first-order valence-corrected chi connectivity index (χ1v) is 10.0. The fourth-order valence-corrected chi connectivity index (χ4v) is 2.75. The summed E-state index contributed by atoms with van der Waals surface area (Å²) in [5.74, 6) is 0. The van der Waals surface area contributed by atoms with Gasteiger partial charge in [0.25, 0.3) is 0 Å². The lowest BCUT2D eigenvalue weighted by Crippen LogP contribution is -2.31. The van der Waals surface area contributed by atoms with Gasteiger partial charge in [0.1, 0.15) is 0 Å². The molecular formula is C15H26O8P2. The van der Waals surface area contributed by atoms with Crippen molar-refractivity contribution in [3.8, 4) is 0 Å². The summed E-state index contributed by atoms with van der Waals surface area (Å²) < 4.78 is 20.9. The van der Waals surface area contributed by atoms with E-state index in [1.807, 2.05) is 44.2 Å². The largest absolute Gasteiger partial charge is 0.378 e. The van der Waals surface area contributed by atoms with Crippen LogP contribution in [-0.4, -0.2) is 52.6 Å². The van der Waals surface area contributed by atoms with Crippen LogP contribution in [0, 0.1) is 5.41 Å². The smallest absolute Gasteiger partial charge is 0.327 e. The van der Waals surface area contributed by atoms with E-state index >= 15 is 0 Å². The van der Waals surface area contributed by atoms with Gasteiger partial charge in [0.05, 0.1) is 39.1 Å². The minimum Gasteiger partial charge on any atom is -0.378 e. The van der Waals surface area contributed by atoms with Crippen LogP contribution in [0.25, 0.3) is 0 Å². The molecule has 0 saturated carbocycles. The Bertz CT molecular complexity index is 458. The lowest BCUT2D eigenvalue weighted by atomic mass is 9.83. The lowest BCUT2D eigenvalue weighted by Gasteiger charge is -2.34. The zero-order chi connectivity index (χ0) is 18.7. The topological polar surface area (TPSA) is 118 Å². The molecule has 0 saturated heterocycles. The van der Waals surface area contributed by atoms with E-state index in [2.05, 4.69) is 4.52 Å². The average Bonchev–Trinajstić information content (AvgIpc) is 2.54. The van der Waals surface area contributed by atoms with E-state index in [9.17, 15) is 0 Å². The summed E-state index contributed by atoms with van der Waals surface area (Å²) in [5.41, 5.74) is 0.574. The molecule has 0 spiro atoms. The summed E-state index contributed by atoms with van der Waals surface area (Å²) in [6.45, 7) is 4.93. The minimum atomic E-state index is -2.39. The van der Waals surface area contributed by atoms with Gasteiger partial charge in [-0.15, -0.1) is 0 Å². The first-order chi connectivity index (χ1) is 11.8. The quantitative estimate of drug-likeness (QED) is 0.296. The van der Waals surface area contributed by atoms with Gasteiger partial charge >= 0.3 is 17.2 Å². The van der Waals surface area contributed by atoms with Gasteiger partial charge in [0, 0.05) is 5.41 Å². The van der Waals surface area contributed by atoms with Crippen molar-refractivity contribution in [1.82, 2.24) is 0 Å². The Labute approximate surface area is 150 Å². The molecule has 1 aromatic carbocycles. The van der Waals surface area contributed by atoms with E-state index in [0.29, 0.717) is 6.61 Å². The van der Waals surface area contributed by atoms with Gasteiger partial charge in [-0.2, -0.15) is 0 Å².